The third-order valence-electron chi connectivity index (χ3n) is 2.53. The van der Waals surface area contributed by atoms with Crippen molar-refractivity contribution in [3.8, 4) is 0 Å². The van der Waals surface area contributed by atoms with E-state index >= 15 is 0 Å². The molecular weight excluding hydrogens is 244 g/mol. The Morgan fingerprint density at radius 2 is 2.32 bits per heavy atom. The van der Waals surface area contributed by atoms with Gasteiger partial charge in [-0.2, -0.15) is 0 Å². The summed E-state index contributed by atoms with van der Waals surface area (Å²) in [4.78, 5) is 21.1. The fraction of sp³-hybridized carbons (Fsp3) is 0.308. The van der Waals surface area contributed by atoms with Gasteiger partial charge in [-0.05, 0) is 19.1 Å². The van der Waals surface area contributed by atoms with Gasteiger partial charge in [0.1, 0.15) is 29.5 Å². The van der Waals surface area contributed by atoms with E-state index in [-0.39, 0.29) is 5.78 Å². The number of hydrogen-bond acceptors (Lipinski definition) is 6. The molecule has 2 aromatic rings. The molecule has 0 bridgehead atoms. The van der Waals surface area contributed by atoms with Crippen LogP contribution in [0.15, 0.2) is 35.2 Å². The first-order valence-electron chi connectivity index (χ1n) is 5.94. The summed E-state index contributed by atoms with van der Waals surface area (Å²) in [5.74, 6) is 2.31. The first-order chi connectivity index (χ1) is 9.15. The molecule has 2 rings (SSSR count). The number of hydrogen-bond donors (Lipinski definition) is 1. The molecule has 2 aromatic heterocycles. The van der Waals surface area contributed by atoms with Crippen LogP contribution in [0.1, 0.15) is 12.7 Å². The highest BCUT2D eigenvalue weighted by atomic mass is 16.3. The molecule has 2 heterocycles. The van der Waals surface area contributed by atoms with Crippen molar-refractivity contribution in [2.24, 2.45) is 0 Å². The highest BCUT2D eigenvalue weighted by Gasteiger charge is 2.06. The summed E-state index contributed by atoms with van der Waals surface area (Å²) in [7, 11) is 1.82. The van der Waals surface area contributed by atoms with Crippen molar-refractivity contribution in [2.45, 2.75) is 13.5 Å². The Kier molecular flexibility index (Phi) is 4.12. The summed E-state index contributed by atoms with van der Waals surface area (Å²) >= 11 is 0. The SMILES string of the molecule is CC(=O)CN(C)c1cc(NCc2ccco2)ncn1. The third kappa shape index (κ3) is 3.80. The summed E-state index contributed by atoms with van der Waals surface area (Å²) in [5, 5.41) is 3.14. The number of likely N-dealkylation sites (N-methyl/N-ethyl adjacent to an activating group) is 1. The Morgan fingerprint density at radius 3 is 3.00 bits per heavy atom. The van der Waals surface area contributed by atoms with Crippen molar-refractivity contribution in [3.05, 3.63) is 36.5 Å². The molecule has 0 saturated heterocycles. The number of rotatable bonds is 6. The maximum absolute atomic E-state index is 11.1. The number of aromatic nitrogens is 2. The summed E-state index contributed by atoms with van der Waals surface area (Å²) in [5.41, 5.74) is 0. The van der Waals surface area contributed by atoms with Gasteiger partial charge in [-0.15, -0.1) is 0 Å². The Bertz CT molecular complexity index is 539. The smallest absolute Gasteiger partial charge is 0.149 e. The topological polar surface area (TPSA) is 71.3 Å². The fourth-order valence-electron chi connectivity index (χ4n) is 1.66. The number of carbonyl (C=O) groups is 1. The monoisotopic (exact) mass is 260 g/mol. The quantitative estimate of drug-likeness (QED) is 0.852. The van der Waals surface area contributed by atoms with E-state index in [1.165, 1.54) is 6.33 Å². The Labute approximate surface area is 111 Å². The van der Waals surface area contributed by atoms with Gasteiger partial charge in [0.25, 0.3) is 0 Å². The minimum atomic E-state index is 0.0891. The molecule has 0 aliphatic carbocycles. The van der Waals surface area contributed by atoms with Crippen LogP contribution in [0.3, 0.4) is 0 Å². The zero-order valence-electron chi connectivity index (χ0n) is 11.0. The van der Waals surface area contributed by atoms with E-state index in [0.29, 0.717) is 24.7 Å². The molecule has 0 aliphatic rings. The molecule has 0 fully saturated rings. The van der Waals surface area contributed by atoms with Crippen LogP contribution in [-0.2, 0) is 11.3 Å². The van der Waals surface area contributed by atoms with E-state index in [9.17, 15) is 4.79 Å². The summed E-state index contributed by atoms with van der Waals surface area (Å²) in [6, 6.07) is 5.52. The van der Waals surface area contributed by atoms with E-state index in [4.69, 9.17) is 4.42 Å². The van der Waals surface area contributed by atoms with Crippen LogP contribution in [0, 0.1) is 0 Å². The molecular formula is C13H16N4O2. The van der Waals surface area contributed by atoms with Gasteiger partial charge in [-0.25, -0.2) is 9.97 Å². The minimum Gasteiger partial charge on any atom is -0.467 e. The number of Topliss-reactive ketones (excluding diaryl/α,β-unsaturated/α-hetero) is 1. The number of ketones is 1. The zero-order chi connectivity index (χ0) is 13.7. The summed E-state index contributed by atoms with van der Waals surface area (Å²) < 4.78 is 5.22. The molecule has 1 N–H and O–H groups in total. The molecule has 0 aromatic carbocycles. The Hall–Kier alpha value is -2.37. The predicted octanol–water partition coefficient (Wildman–Crippen LogP) is 1.71. The van der Waals surface area contributed by atoms with Crippen LogP contribution in [0.2, 0.25) is 0 Å². The lowest BCUT2D eigenvalue weighted by molar-refractivity contribution is -0.115. The standard InChI is InChI=1S/C13H16N4O2/c1-10(18)8-17(2)13-6-12(15-9-16-13)14-7-11-4-3-5-19-11/h3-6,9H,7-8H2,1-2H3,(H,14,15,16). The molecule has 0 spiro atoms. The Morgan fingerprint density at radius 1 is 1.47 bits per heavy atom. The Balaban J connectivity index is 2.00. The van der Waals surface area contributed by atoms with Gasteiger partial charge < -0.3 is 14.6 Å². The van der Waals surface area contributed by atoms with Crippen LogP contribution < -0.4 is 10.2 Å². The molecule has 0 aliphatic heterocycles. The van der Waals surface area contributed by atoms with Crippen LogP contribution in [0.4, 0.5) is 11.6 Å². The summed E-state index contributed by atoms with van der Waals surface area (Å²) in [6.07, 6.45) is 3.10. The average molecular weight is 260 g/mol. The second-order valence-corrected chi connectivity index (χ2v) is 4.25. The van der Waals surface area contributed by atoms with Gasteiger partial charge in [-0.3, -0.25) is 4.79 Å². The maximum Gasteiger partial charge on any atom is 0.149 e. The molecule has 0 radical (unpaired) electrons. The van der Waals surface area contributed by atoms with Crippen LogP contribution in [-0.4, -0.2) is 29.3 Å². The highest BCUT2D eigenvalue weighted by Crippen LogP contribution is 2.13. The molecule has 6 nitrogen and oxygen atoms in total. The van der Waals surface area contributed by atoms with E-state index in [1.54, 1.807) is 24.2 Å². The van der Waals surface area contributed by atoms with Crippen LogP contribution >= 0.6 is 0 Å². The van der Waals surface area contributed by atoms with Crippen molar-refractivity contribution in [2.75, 3.05) is 23.8 Å². The molecule has 0 amide bonds. The highest BCUT2D eigenvalue weighted by molar-refractivity contribution is 5.80. The van der Waals surface area contributed by atoms with E-state index in [2.05, 4.69) is 15.3 Å². The van der Waals surface area contributed by atoms with Crippen molar-refractivity contribution in [1.29, 1.82) is 0 Å². The molecule has 0 saturated carbocycles. The maximum atomic E-state index is 11.1. The van der Waals surface area contributed by atoms with E-state index in [0.717, 1.165) is 5.76 Å². The lowest BCUT2D eigenvalue weighted by Gasteiger charge is -2.16. The van der Waals surface area contributed by atoms with Gasteiger partial charge in [0.2, 0.25) is 0 Å². The van der Waals surface area contributed by atoms with Gasteiger partial charge in [0.05, 0.1) is 19.4 Å². The van der Waals surface area contributed by atoms with Crippen molar-refractivity contribution in [3.63, 3.8) is 0 Å². The van der Waals surface area contributed by atoms with Crippen molar-refractivity contribution >= 4 is 17.4 Å². The number of nitrogens with zero attached hydrogens (tertiary/aromatic N) is 3. The normalized spacial score (nSPS) is 10.2. The van der Waals surface area contributed by atoms with Gasteiger partial charge >= 0.3 is 0 Å². The van der Waals surface area contributed by atoms with Crippen LogP contribution in [0.5, 0.6) is 0 Å². The van der Waals surface area contributed by atoms with Crippen molar-refractivity contribution in [1.82, 2.24) is 9.97 Å². The second kappa shape index (κ2) is 5.99. The fourth-order valence-corrected chi connectivity index (χ4v) is 1.66. The minimum absolute atomic E-state index is 0.0891. The predicted molar refractivity (Wildman–Crippen MR) is 72.0 cm³/mol. The largest absolute Gasteiger partial charge is 0.467 e. The van der Waals surface area contributed by atoms with E-state index < -0.39 is 0 Å². The zero-order valence-corrected chi connectivity index (χ0v) is 11.0. The lowest BCUT2D eigenvalue weighted by atomic mass is 10.4. The molecule has 6 heteroatoms. The van der Waals surface area contributed by atoms with Crippen molar-refractivity contribution < 1.29 is 9.21 Å². The molecule has 19 heavy (non-hydrogen) atoms. The first kappa shape index (κ1) is 13.1. The summed E-state index contributed by atoms with van der Waals surface area (Å²) in [6.45, 7) is 2.43. The number of carbonyl (C=O) groups excluding carboxylic acids is 1. The molecule has 0 atom stereocenters. The van der Waals surface area contributed by atoms with Gasteiger partial charge in [0, 0.05) is 13.1 Å². The number of anilines is 2. The number of furan rings is 1. The van der Waals surface area contributed by atoms with Crippen LogP contribution in [0.25, 0.3) is 0 Å². The average Bonchev–Trinajstić information content (AvgIpc) is 2.89. The van der Waals surface area contributed by atoms with E-state index in [1.807, 2.05) is 19.2 Å². The third-order valence-corrected chi connectivity index (χ3v) is 2.53. The van der Waals surface area contributed by atoms with Gasteiger partial charge in [-0.1, -0.05) is 0 Å². The second-order valence-electron chi connectivity index (χ2n) is 4.25. The first-order valence-corrected chi connectivity index (χ1v) is 5.94. The molecule has 0 unspecified atom stereocenters. The number of nitrogens with one attached hydrogen (secondary N) is 1. The lowest BCUT2D eigenvalue weighted by Crippen LogP contribution is -2.24. The van der Waals surface area contributed by atoms with Gasteiger partial charge in [0.15, 0.2) is 0 Å². The molecule has 100 valence electrons.